The third kappa shape index (κ3) is 3.79. The van der Waals surface area contributed by atoms with Gasteiger partial charge in [0.2, 0.25) is 0 Å². The third-order valence-electron chi connectivity index (χ3n) is 2.97. The topological polar surface area (TPSA) is 104 Å². The van der Waals surface area contributed by atoms with Crippen molar-refractivity contribution in [3.05, 3.63) is 34.9 Å². The van der Waals surface area contributed by atoms with Gasteiger partial charge in [-0.25, -0.2) is 4.79 Å². The summed E-state index contributed by atoms with van der Waals surface area (Å²) in [6.45, 7) is 3.37. The molecule has 20 heavy (non-hydrogen) atoms. The largest absolute Gasteiger partial charge is 0.478 e. The second-order valence-corrected chi connectivity index (χ2v) is 4.35. The molecule has 110 valence electrons. The van der Waals surface area contributed by atoms with Crippen LogP contribution in [0.3, 0.4) is 0 Å². The van der Waals surface area contributed by atoms with Crippen LogP contribution in [-0.2, 0) is 9.53 Å². The second-order valence-electron chi connectivity index (χ2n) is 4.35. The summed E-state index contributed by atoms with van der Waals surface area (Å²) in [5, 5.41) is 28.9. The highest BCUT2D eigenvalue weighted by Crippen LogP contribution is 2.25. The molecular weight excluding hydrogens is 264 g/mol. The first-order chi connectivity index (χ1) is 9.38. The summed E-state index contributed by atoms with van der Waals surface area (Å²) in [5.74, 6) is -1.73. The van der Waals surface area contributed by atoms with Crippen molar-refractivity contribution >= 4 is 11.9 Å². The van der Waals surface area contributed by atoms with Gasteiger partial charge >= 0.3 is 11.9 Å². The fourth-order valence-corrected chi connectivity index (χ4v) is 1.92. The maximum absolute atomic E-state index is 11.3. The maximum atomic E-state index is 11.3. The Kier molecular flexibility index (Phi) is 5.66. The van der Waals surface area contributed by atoms with Crippen molar-refractivity contribution in [2.75, 3.05) is 6.61 Å². The van der Waals surface area contributed by atoms with Crippen molar-refractivity contribution in [2.24, 2.45) is 0 Å². The molecule has 6 nitrogen and oxygen atoms in total. The lowest BCUT2D eigenvalue weighted by Crippen LogP contribution is -2.24. The average Bonchev–Trinajstić information content (AvgIpc) is 2.38. The van der Waals surface area contributed by atoms with E-state index in [0.29, 0.717) is 5.56 Å². The minimum atomic E-state index is -1.35. The van der Waals surface area contributed by atoms with Gasteiger partial charge < -0.3 is 20.1 Å². The summed E-state index contributed by atoms with van der Waals surface area (Å²) < 4.78 is 4.69. The first-order valence-corrected chi connectivity index (χ1v) is 6.23. The molecule has 0 radical (unpaired) electrons. The number of rotatable bonds is 6. The highest BCUT2D eigenvalue weighted by Gasteiger charge is 2.24. The number of benzene rings is 1. The Morgan fingerprint density at radius 1 is 1.30 bits per heavy atom. The first kappa shape index (κ1) is 16.1. The molecule has 2 unspecified atom stereocenters. The van der Waals surface area contributed by atoms with Gasteiger partial charge in [0, 0.05) is 0 Å². The molecule has 0 aliphatic carbocycles. The van der Waals surface area contributed by atoms with E-state index in [4.69, 9.17) is 5.11 Å². The van der Waals surface area contributed by atoms with Crippen LogP contribution < -0.4 is 0 Å². The van der Waals surface area contributed by atoms with Gasteiger partial charge in [-0.1, -0.05) is 12.1 Å². The van der Waals surface area contributed by atoms with E-state index in [1.165, 1.54) is 18.2 Å². The molecule has 0 aliphatic rings. The molecule has 0 bridgehead atoms. The first-order valence-electron chi connectivity index (χ1n) is 6.23. The summed E-state index contributed by atoms with van der Waals surface area (Å²) in [6, 6.07) is 4.40. The van der Waals surface area contributed by atoms with Crippen molar-refractivity contribution in [3.8, 4) is 0 Å². The van der Waals surface area contributed by atoms with Crippen LogP contribution in [-0.4, -0.2) is 40.0 Å². The number of carboxylic acids is 1. The zero-order chi connectivity index (χ0) is 15.3. The fourth-order valence-electron chi connectivity index (χ4n) is 1.92. The number of carbonyl (C=O) groups is 2. The molecule has 1 rings (SSSR count). The monoisotopic (exact) mass is 282 g/mol. The van der Waals surface area contributed by atoms with Crippen LogP contribution in [0.1, 0.15) is 40.9 Å². The Labute approximate surface area is 116 Å². The van der Waals surface area contributed by atoms with Crippen molar-refractivity contribution in [3.63, 3.8) is 0 Å². The van der Waals surface area contributed by atoms with Crippen molar-refractivity contribution in [1.29, 1.82) is 0 Å². The van der Waals surface area contributed by atoms with Crippen LogP contribution in [0.5, 0.6) is 0 Å². The smallest absolute Gasteiger partial charge is 0.335 e. The molecule has 1 aromatic rings. The SMILES string of the molecule is CCOC(=O)CC(O)C(O)c1cccc(C(=O)O)c1C. The van der Waals surface area contributed by atoms with Crippen LogP contribution in [0.15, 0.2) is 18.2 Å². The molecule has 0 amide bonds. The average molecular weight is 282 g/mol. The molecule has 0 aromatic heterocycles. The quantitative estimate of drug-likeness (QED) is 0.673. The number of carbonyl (C=O) groups excluding carboxylic acids is 1. The summed E-state index contributed by atoms with van der Waals surface area (Å²) in [4.78, 5) is 22.3. The highest BCUT2D eigenvalue weighted by atomic mass is 16.5. The molecule has 6 heteroatoms. The van der Waals surface area contributed by atoms with E-state index in [0.717, 1.165) is 0 Å². The minimum Gasteiger partial charge on any atom is -0.478 e. The van der Waals surface area contributed by atoms with Crippen LogP contribution in [0.25, 0.3) is 0 Å². The maximum Gasteiger partial charge on any atom is 0.335 e. The lowest BCUT2D eigenvalue weighted by atomic mass is 9.94. The molecular formula is C14H18O6. The zero-order valence-electron chi connectivity index (χ0n) is 11.4. The molecule has 0 saturated heterocycles. The highest BCUT2D eigenvalue weighted by molar-refractivity contribution is 5.89. The number of hydrogen-bond acceptors (Lipinski definition) is 5. The van der Waals surface area contributed by atoms with Gasteiger partial charge in [-0.05, 0) is 31.0 Å². The normalized spacial score (nSPS) is 13.6. The predicted octanol–water partition coefficient (Wildman–Crippen LogP) is 1.04. The number of carboxylic acid groups (broad SMARTS) is 1. The number of aliphatic hydroxyl groups excluding tert-OH is 2. The summed E-state index contributed by atoms with van der Waals surface area (Å²) in [7, 11) is 0. The van der Waals surface area contributed by atoms with E-state index in [-0.39, 0.29) is 24.2 Å². The number of esters is 1. The number of aliphatic hydroxyl groups is 2. The molecule has 0 spiro atoms. The Balaban J connectivity index is 2.91. The summed E-state index contributed by atoms with van der Waals surface area (Å²) in [6.07, 6.45) is -3.05. The number of aromatic carboxylic acids is 1. The van der Waals surface area contributed by atoms with Crippen LogP contribution in [0.4, 0.5) is 0 Å². The van der Waals surface area contributed by atoms with E-state index in [2.05, 4.69) is 4.74 Å². The van der Waals surface area contributed by atoms with Gasteiger partial charge in [0.25, 0.3) is 0 Å². The number of hydrogen-bond donors (Lipinski definition) is 3. The Morgan fingerprint density at radius 3 is 2.50 bits per heavy atom. The van der Waals surface area contributed by atoms with Gasteiger partial charge in [0.05, 0.1) is 24.7 Å². The lowest BCUT2D eigenvalue weighted by molar-refractivity contribution is -0.147. The standard InChI is InChI=1S/C14H18O6/c1-3-20-12(16)7-11(15)13(17)9-5-4-6-10(8(9)2)14(18)19/h4-6,11,13,15,17H,3,7H2,1-2H3,(H,18,19). The van der Waals surface area contributed by atoms with Crippen LogP contribution in [0, 0.1) is 6.92 Å². The third-order valence-corrected chi connectivity index (χ3v) is 2.97. The van der Waals surface area contributed by atoms with E-state index < -0.39 is 24.1 Å². The lowest BCUT2D eigenvalue weighted by Gasteiger charge is -2.20. The second kappa shape index (κ2) is 7.02. The van der Waals surface area contributed by atoms with Crippen molar-refractivity contribution in [1.82, 2.24) is 0 Å². The Bertz CT molecular complexity index is 496. The molecule has 2 atom stereocenters. The molecule has 3 N–H and O–H groups in total. The van der Waals surface area contributed by atoms with Gasteiger partial charge in [-0.2, -0.15) is 0 Å². The van der Waals surface area contributed by atoms with Gasteiger partial charge in [0.1, 0.15) is 6.10 Å². The zero-order valence-corrected chi connectivity index (χ0v) is 11.4. The number of ether oxygens (including phenoxy) is 1. The van der Waals surface area contributed by atoms with E-state index >= 15 is 0 Å². The van der Waals surface area contributed by atoms with E-state index in [1.807, 2.05) is 0 Å². The minimum absolute atomic E-state index is 0.0462. The Morgan fingerprint density at radius 2 is 1.95 bits per heavy atom. The van der Waals surface area contributed by atoms with Crippen LogP contribution in [0.2, 0.25) is 0 Å². The molecule has 0 heterocycles. The van der Waals surface area contributed by atoms with E-state index in [9.17, 15) is 19.8 Å². The van der Waals surface area contributed by atoms with Gasteiger partial charge in [-0.3, -0.25) is 4.79 Å². The summed E-state index contributed by atoms with van der Waals surface area (Å²) >= 11 is 0. The van der Waals surface area contributed by atoms with E-state index in [1.54, 1.807) is 13.8 Å². The predicted molar refractivity (Wildman–Crippen MR) is 70.4 cm³/mol. The van der Waals surface area contributed by atoms with Gasteiger partial charge in [0.15, 0.2) is 0 Å². The van der Waals surface area contributed by atoms with Crippen molar-refractivity contribution < 1.29 is 29.6 Å². The molecule has 1 aromatic carbocycles. The Hall–Kier alpha value is -1.92. The van der Waals surface area contributed by atoms with Gasteiger partial charge in [-0.15, -0.1) is 0 Å². The van der Waals surface area contributed by atoms with Crippen molar-refractivity contribution in [2.45, 2.75) is 32.5 Å². The molecule has 0 aliphatic heterocycles. The molecule has 0 fully saturated rings. The fraction of sp³-hybridized carbons (Fsp3) is 0.429. The molecule has 0 saturated carbocycles. The van der Waals surface area contributed by atoms with Crippen LogP contribution >= 0.6 is 0 Å². The summed E-state index contributed by atoms with van der Waals surface area (Å²) in [5.41, 5.74) is 0.682.